The zero-order valence-electron chi connectivity index (χ0n) is 11.8. The Labute approximate surface area is 118 Å². The molecule has 0 aliphatic rings. The van der Waals surface area contributed by atoms with Crippen LogP contribution in [0, 0.1) is 0 Å². The van der Waals surface area contributed by atoms with Gasteiger partial charge in [-0.25, -0.2) is 0 Å². The van der Waals surface area contributed by atoms with Crippen molar-refractivity contribution in [1.29, 1.82) is 0 Å². The van der Waals surface area contributed by atoms with Crippen molar-refractivity contribution in [3.63, 3.8) is 0 Å². The number of para-hydroxylation sites is 1. The van der Waals surface area contributed by atoms with Gasteiger partial charge in [-0.3, -0.25) is 4.79 Å². The lowest BCUT2D eigenvalue weighted by atomic mass is 10.1. The third-order valence-corrected chi connectivity index (χ3v) is 3.24. The summed E-state index contributed by atoms with van der Waals surface area (Å²) in [6, 6.07) is 7.95. The molecule has 0 spiro atoms. The Balaban J connectivity index is 1.91. The van der Waals surface area contributed by atoms with Gasteiger partial charge in [-0.15, -0.1) is 0 Å². The van der Waals surface area contributed by atoms with Crippen LogP contribution in [0.15, 0.2) is 30.5 Å². The Morgan fingerprint density at radius 1 is 1.35 bits per heavy atom. The minimum atomic E-state index is -0.119. The minimum absolute atomic E-state index is 0.0205. The van der Waals surface area contributed by atoms with Gasteiger partial charge in [0.25, 0.3) is 0 Å². The van der Waals surface area contributed by atoms with E-state index in [9.17, 15) is 4.79 Å². The molecule has 0 bridgehead atoms. The summed E-state index contributed by atoms with van der Waals surface area (Å²) in [5, 5.41) is 3.95. The fourth-order valence-corrected chi connectivity index (χ4v) is 2.14. The summed E-state index contributed by atoms with van der Waals surface area (Å²) < 4.78 is 10.2. The van der Waals surface area contributed by atoms with Crippen LogP contribution in [0.3, 0.4) is 0 Å². The number of carbonyl (C=O) groups is 1. The fraction of sp³-hybridized carbons (Fsp3) is 0.400. The molecular formula is C15H20N2O3. The van der Waals surface area contributed by atoms with Crippen LogP contribution in [0.5, 0.6) is 0 Å². The second-order valence-electron chi connectivity index (χ2n) is 4.65. The lowest BCUT2D eigenvalue weighted by molar-refractivity contribution is -0.121. The molecule has 2 rings (SSSR count). The molecule has 5 nitrogen and oxygen atoms in total. The van der Waals surface area contributed by atoms with E-state index >= 15 is 0 Å². The van der Waals surface area contributed by atoms with Crippen LogP contribution in [0.25, 0.3) is 10.9 Å². The largest absolute Gasteiger partial charge is 0.382 e. The highest BCUT2D eigenvalue weighted by atomic mass is 16.5. The summed E-state index contributed by atoms with van der Waals surface area (Å²) in [5.74, 6) is -0.0205. The molecule has 1 unspecified atom stereocenters. The van der Waals surface area contributed by atoms with E-state index in [0.717, 1.165) is 16.5 Å². The summed E-state index contributed by atoms with van der Waals surface area (Å²) in [4.78, 5) is 15.1. The smallest absolute Gasteiger partial charge is 0.224 e. The van der Waals surface area contributed by atoms with Crippen LogP contribution >= 0.6 is 0 Å². The summed E-state index contributed by atoms with van der Waals surface area (Å²) >= 11 is 0. The van der Waals surface area contributed by atoms with Crippen LogP contribution < -0.4 is 5.32 Å². The molecule has 1 amide bonds. The molecule has 1 aromatic heterocycles. The molecule has 2 N–H and O–H groups in total. The number of H-pyrrole nitrogens is 1. The van der Waals surface area contributed by atoms with Gasteiger partial charge in [0.1, 0.15) is 0 Å². The van der Waals surface area contributed by atoms with Crippen LogP contribution in [0.1, 0.15) is 5.56 Å². The average molecular weight is 276 g/mol. The number of aromatic nitrogens is 1. The number of fused-ring (bicyclic) bond motifs is 1. The van der Waals surface area contributed by atoms with Crippen LogP contribution in [-0.4, -0.2) is 44.4 Å². The number of hydrogen-bond donors (Lipinski definition) is 2. The standard InChI is InChI=1S/C15H20N2O3/c1-19-10-12(20-2)9-17-15(18)7-11-8-16-14-6-4-3-5-13(11)14/h3-6,8,12,16H,7,9-10H2,1-2H3,(H,17,18). The zero-order chi connectivity index (χ0) is 14.4. The van der Waals surface area contributed by atoms with Crippen LogP contribution in [0.2, 0.25) is 0 Å². The van der Waals surface area contributed by atoms with Gasteiger partial charge in [0.05, 0.1) is 19.1 Å². The molecule has 0 aliphatic heterocycles. The van der Waals surface area contributed by atoms with Gasteiger partial charge in [0, 0.05) is 37.9 Å². The first-order valence-corrected chi connectivity index (χ1v) is 6.58. The minimum Gasteiger partial charge on any atom is -0.382 e. The summed E-state index contributed by atoms with van der Waals surface area (Å²) in [7, 11) is 3.22. The maximum atomic E-state index is 12.0. The fourth-order valence-electron chi connectivity index (χ4n) is 2.14. The first-order chi connectivity index (χ1) is 9.74. The van der Waals surface area contributed by atoms with Crippen molar-refractivity contribution in [2.45, 2.75) is 12.5 Å². The lowest BCUT2D eigenvalue weighted by Crippen LogP contribution is -2.36. The van der Waals surface area contributed by atoms with E-state index in [2.05, 4.69) is 10.3 Å². The highest BCUT2D eigenvalue weighted by Crippen LogP contribution is 2.17. The zero-order valence-corrected chi connectivity index (χ0v) is 11.8. The van der Waals surface area contributed by atoms with Gasteiger partial charge in [0.15, 0.2) is 0 Å². The van der Waals surface area contributed by atoms with Crippen LogP contribution in [0.4, 0.5) is 0 Å². The van der Waals surface area contributed by atoms with Crippen molar-refractivity contribution in [1.82, 2.24) is 10.3 Å². The highest BCUT2D eigenvalue weighted by molar-refractivity contribution is 5.88. The lowest BCUT2D eigenvalue weighted by Gasteiger charge is -2.14. The van der Waals surface area contributed by atoms with Crippen molar-refractivity contribution in [2.24, 2.45) is 0 Å². The quantitative estimate of drug-likeness (QED) is 0.805. The SMILES string of the molecule is COCC(CNC(=O)Cc1c[nH]c2ccccc12)OC. The Morgan fingerprint density at radius 3 is 2.90 bits per heavy atom. The Morgan fingerprint density at radius 2 is 2.15 bits per heavy atom. The van der Waals surface area contributed by atoms with Crippen molar-refractivity contribution < 1.29 is 14.3 Å². The first-order valence-electron chi connectivity index (χ1n) is 6.58. The number of benzene rings is 1. The van der Waals surface area contributed by atoms with E-state index in [1.54, 1.807) is 14.2 Å². The Kier molecular flexibility index (Phi) is 5.15. The number of aromatic amines is 1. The Bertz CT molecular complexity index is 565. The molecule has 0 fully saturated rings. The van der Waals surface area contributed by atoms with Crippen molar-refractivity contribution in [3.8, 4) is 0 Å². The van der Waals surface area contributed by atoms with Gasteiger partial charge < -0.3 is 19.8 Å². The predicted octanol–water partition coefficient (Wildman–Crippen LogP) is 1.49. The second kappa shape index (κ2) is 7.07. The van der Waals surface area contributed by atoms with Gasteiger partial charge in [-0.2, -0.15) is 0 Å². The number of amides is 1. The molecule has 1 heterocycles. The van der Waals surface area contributed by atoms with Gasteiger partial charge in [0.2, 0.25) is 5.91 Å². The van der Waals surface area contributed by atoms with E-state index < -0.39 is 0 Å². The molecule has 0 saturated carbocycles. The molecule has 20 heavy (non-hydrogen) atoms. The first kappa shape index (κ1) is 14.6. The topological polar surface area (TPSA) is 63.3 Å². The Hall–Kier alpha value is -1.85. The molecule has 108 valence electrons. The maximum absolute atomic E-state index is 12.0. The number of nitrogens with one attached hydrogen (secondary N) is 2. The number of carbonyl (C=O) groups excluding carboxylic acids is 1. The van der Waals surface area contributed by atoms with Crippen molar-refractivity contribution in [2.75, 3.05) is 27.4 Å². The normalized spacial score (nSPS) is 12.5. The maximum Gasteiger partial charge on any atom is 0.224 e. The van der Waals surface area contributed by atoms with Gasteiger partial charge in [-0.05, 0) is 11.6 Å². The predicted molar refractivity (Wildman–Crippen MR) is 77.7 cm³/mol. The second-order valence-corrected chi connectivity index (χ2v) is 4.65. The monoisotopic (exact) mass is 276 g/mol. The molecule has 0 saturated heterocycles. The molecule has 5 heteroatoms. The highest BCUT2D eigenvalue weighted by Gasteiger charge is 2.11. The van der Waals surface area contributed by atoms with Crippen molar-refractivity contribution >= 4 is 16.8 Å². The van der Waals surface area contributed by atoms with Gasteiger partial charge >= 0.3 is 0 Å². The molecule has 0 radical (unpaired) electrons. The third kappa shape index (κ3) is 3.59. The summed E-state index contributed by atoms with van der Waals surface area (Å²) in [5.41, 5.74) is 2.04. The van der Waals surface area contributed by atoms with E-state index in [4.69, 9.17) is 9.47 Å². The number of methoxy groups -OCH3 is 2. The molecule has 0 aliphatic carbocycles. The summed E-state index contributed by atoms with van der Waals surface area (Å²) in [6.07, 6.45) is 2.12. The van der Waals surface area contributed by atoms with E-state index in [1.807, 2.05) is 30.5 Å². The third-order valence-electron chi connectivity index (χ3n) is 3.24. The summed E-state index contributed by atoms with van der Waals surface area (Å²) in [6.45, 7) is 0.912. The number of rotatable bonds is 7. The molecule has 1 atom stereocenters. The molecule has 2 aromatic rings. The van der Waals surface area contributed by atoms with Gasteiger partial charge in [-0.1, -0.05) is 18.2 Å². The van der Waals surface area contributed by atoms with E-state index in [0.29, 0.717) is 19.6 Å². The average Bonchev–Trinajstić information content (AvgIpc) is 2.87. The van der Waals surface area contributed by atoms with Crippen LogP contribution in [-0.2, 0) is 20.7 Å². The van der Waals surface area contributed by atoms with E-state index in [-0.39, 0.29) is 12.0 Å². The number of hydrogen-bond acceptors (Lipinski definition) is 3. The van der Waals surface area contributed by atoms with Crippen molar-refractivity contribution in [3.05, 3.63) is 36.0 Å². The molecule has 1 aromatic carbocycles. The number of ether oxygens (including phenoxy) is 2. The van der Waals surface area contributed by atoms with E-state index in [1.165, 1.54) is 0 Å². The molecular weight excluding hydrogens is 256 g/mol.